The minimum atomic E-state index is -0.405. The van der Waals surface area contributed by atoms with E-state index in [-0.39, 0.29) is 12.3 Å². The summed E-state index contributed by atoms with van der Waals surface area (Å²) in [4.78, 5) is 18.3. The zero-order chi connectivity index (χ0) is 15.5. The fraction of sp³-hybridized carbons (Fsp3) is 0.375. The summed E-state index contributed by atoms with van der Waals surface area (Å²) in [7, 11) is 0. The number of carbonyl (C=O) groups excluding carboxylic acids is 1. The number of ether oxygens (including phenoxy) is 1. The number of imidazole rings is 1. The molecule has 0 atom stereocenters. The molecule has 3 rings (SSSR count). The van der Waals surface area contributed by atoms with Gasteiger partial charge >= 0.3 is 0 Å². The highest BCUT2D eigenvalue weighted by Gasteiger charge is 2.22. The first-order valence-corrected chi connectivity index (χ1v) is 7.36. The average molecular weight is 303 g/mol. The fourth-order valence-electron chi connectivity index (χ4n) is 2.59. The van der Waals surface area contributed by atoms with E-state index in [2.05, 4.69) is 4.98 Å². The quantitative estimate of drug-likeness (QED) is 0.868. The van der Waals surface area contributed by atoms with Gasteiger partial charge in [0.15, 0.2) is 0 Å². The highest BCUT2D eigenvalue weighted by Crippen LogP contribution is 2.19. The Morgan fingerprint density at radius 2 is 2.27 bits per heavy atom. The molecule has 5 nitrogen and oxygen atoms in total. The monoisotopic (exact) mass is 303 g/mol. The van der Waals surface area contributed by atoms with Crippen molar-refractivity contribution in [3.05, 3.63) is 47.8 Å². The molecule has 2 aromatic rings. The third-order valence-corrected chi connectivity index (χ3v) is 3.77. The second kappa shape index (κ2) is 6.17. The van der Waals surface area contributed by atoms with E-state index in [1.54, 1.807) is 23.2 Å². The van der Waals surface area contributed by atoms with Crippen molar-refractivity contribution in [3.8, 4) is 5.75 Å². The molecular formula is C16H18FN3O2. The predicted octanol–water partition coefficient (Wildman–Crippen LogP) is 2.01. The molecule has 0 saturated heterocycles. The molecule has 1 aliphatic rings. The van der Waals surface area contributed by atoms with Gasteiger partial charge in [-0.05, 0) is 18.6 Å². The van der Waals surface area contributed by atoms with Gasteiger partial charge in [-0.25, -0.2) is 9.37 Å². The van der Waals surface area contributed by atoms with E-state index in [9.17, 15) is 9.18 Å². The van der Waals surface area contributed by atoms with Crippen LogP contribution < -0.4 is 4.74 Å². The molecule has 6 heteroatoms. The van der Waals surface area contributed by atoms with Crippen LogP contribution in [0.5, 0.6) is 5.75 Å². The van der Waals surface area contributed by atoms with Crippen molar-refractivity contribution in [1.82, 2.24) is 14.5 Å². The van der Waals surface area contributed by atoms with E-state index in [0.29, 0.717) is 31.0 Å². The average Bonchev–Trinajstić information content (AvgIpc) is 2.97. The molecular weight excluding hydrogens is 285 g/mol. The summed E-state index contributed by atoms with van der Waals surface area (Å²) in [6, 6.07) is 4.64. The first kappa shape index (κ1) is 14.6. The first-order chi connectivity index (χ1) is 10.7. The molecule has 0 fully saturated rings. The SMILES string of the molecule is CCOc1ccc(CC(=O)N2CCn3ccnc3C2)c(F)c1. The molecule has 0 aliphatic carbocycles. The summed E-state index contributed by atoms with van der Waals surface area (Å²) in [5.74, 6) is 0.859. The van der Waals surface area contributed by atoms with Crippen LogP contribution in [0, 0.1) is 5.82 Å². The number of halogens is 1. The van der Waals surface area contributed by atoms with Crippen molar-refractivity contribution in [2.24, 2.45) is 0 Å². The van der Waals surface area contributed by atoms with Gasteiger partial charge in [0.05, 0.1) is 19.6 Å². The molecule has 1 aromatic carbocycles. The minimum Gasteiger partial charge on any atom is -0.494 e. The Bertz CT molecular complexity index is 684. The maximum atomic E-state index is 14.0. The summed E-state index contributed by atoms with van der Waals surface area (Å²) < 4.78 is 21.3. The number of nitrogens with zero attached hydrogens (tertiary/aromatic N) is 3. The Kier molecular flexibility index (Phi) is 4.09. The standard InChI is InChI=1S/C16H18FN3O2/c1-2-22-13-4-3-12(14(17)10-13)9-16(21)20-8-7-19-6-5-18-15(19)11-20/h3-6,10H,2,7-9,11H2,1H3. The van der Waals surface area contributed by atoms with Crippen LogP contribution in [0.25, 0.3) is 0 Å². The highest BCUT2D eigenvalue weighted by atomic mass is 19.1. The number of aromatic nitrogens is 2. The number of hydrogen-bond donors (Lipinski definition) is 0. The number of amides is 1. The van der Waals surface area contributed by atoms with Crippen LogP contribution in [0.3, 0.4) is 0 Å². The number of hydrogen-bond acceptors (Lipinski definition) is 3. The number of rotatable bonds is 4. The van der Waals surface area contributed by atoms with Crippen molar-refractivity contribution in [3.63, 3.8) is 0 Å². The van der Waals surface area contributed by atoms with Gasteiger partial charge in [0.2, 0.25) is 5.91 Å². The second-order valence-corrected chi connectivity index (χ2v) is 5.22. The van der Waals surface area contributed by atoms with Gasteiger partial charge in [-0.15, -0.1) is 0 Å². The minimum absolute atomic E-state index is 0.0545. The molecule has 2 heterocycles. The molecule has 1 aromatic heterocycles. The van der Waals surface area contributed by atoms with Crippen LogP contribution in [0.4, 0.5) is 4.39 Å². The van der Waals surface area contributed by atoms with Crippen LogP contribution in [-0.2, 0) is 24.3 Å². The Balaban J connectivity index is 1.67. The summed E-state index contributed by atoms with van der Waals surface area (Å²) in [5.41, 5.74) is 0.391. The zero-order valence-corrected chi connectivity index (χ0v) is 12.5. The van der Waals surface area contributed by atoms with Crippen LogP contribution in [0.2, 0.25) is 0 Å². The van der Waals surface area contributed by atoms with Gasteiger partial charge in [0.25, 0.3) is 0 Å². The Hall–Kier alpha value is -2.37. The summed E-state index contributed by atoms with van der Waals surface area (Å²) in [6.07, 6.45) is 3.69. The summed E-state index contributed by atoms with van der Waals surface area (Å²) >= 11 is 0. The second-order valence-electron chi connectivity index (χ2n) is 5.22. The van der Waals surface area contributed by atoms with E-state index in [1.807, 2.05) is 17.7 Å². The summed E-state index contributed by atoms with van der Waals surface area (Å²) in [6.45, 7) is 4.16. The largest absolute Gasteiger partial charge is 0.494 e. The number of carbonyl (C=O) groups is 1. The highest BCUT2D eigenvalue weighted by molar-refractivity contribution is 5.79. The van der Waals surface area contributed by atoms with Crippen molar-refractivity contribution < 1.29 is 13.9 Å². The fourth-order valence-corrected chi connectivity index (χ4v) is 2.59. The Labute approximate surface area is 128 Å². The molecule has 0 unspecified atom stereocenters. The van der Waals surface area contributed by atoms with E-state index in [1.165, 1.54) is 6.07 Å². The van der Waals surface area contributed by atoms with Crippen molar-refractivity contribution >= 4 is 5.91 Å². The lowest BCUT2D eigenvalue weighted by Crippen LogP contribution is -2.39. The van der Waals surface area contributed by atoms with Gasteiger partial charge in [0, 0.05) is 31.5 Å². The molecule has 0 N–H and O–H groups in total. The topological polar surface area (TPSA) is 47.4 Å². The maximum absolute atomic E-state index is 14.0. The third-order valence-electron chi connectivity index (χ3n) is 3.77. The zero-order valence-electron chi connectivity index (χ0n) is 12.5. The van der Waals surface area contributed by atoms with Gasteiger partial charge in [-0.1, -0.05) is 6.07 Å². The maximum Gasteiger partial charge on any atom is 0.227 e. The van der Waals surface area contributed by atoms with Crippen molar-refractivity contribution in [2.75, 3.05) is 13.2 Å². The van der Waals surface area contributed by atoms with Crippen molar-refractivity contribution in [2.45, 2.75) is 26.4 Å². The van der Waals surface area contributed by atoms with E-state index < -0.39 is 5.82 Å². The summed E-state index contributed by atoms with van der Waals surface area (Å²) in [5, 5.41) is 0. The lowest BCUT2D eigenvalue weighted by Gasteiger charge is -2.27. The van der Waals surface area contributed by atoms with Crippen LogP contribution >= 0.6 is 0 Å². The van der Waals surface area contributed by atoms with Gasteiger partial charge < -0.3 is 14.2 Å². The molecule has 0 bridgehead atoms. The molecule has 116 valence electrons. The van der Waals surface area contributed by atoms with E-state index in [4.69, 9.17) is 4.74 Å². The Morgan fingerprint density at radius 1 is 1.41 bits per heavy atom. The molecule has 22 heavy (non-hydrogen) atoms. The van der Waals surface area contributed by atoms with Crippen LogP contribution in [0.15, 0.2) is 30.6 Å². The smallest absolute Gasteiger partial charge is 0.227 e. The van der Waals surface area contributed by atoms with Gasteiger partial charge in [-0.2, -0.15) is 0 Å². The normalized spacial score (nSPS) is 13.8. The number of fused-ring (bicyclic) bond motifs is 1. The van der Waals surface area contributed by atoms with Crippen LogP contribution in [-0.4, -0.2) is 33.5 Å². The number of benzene rings is 1. The molecule has 1 amide bonds. The van der Waals surface area contributed by atoms with Gasteiger partial charge in [0.1, 0.15) is 17.4 Å². The van der Waals surface area contributed by atoms with Crippen molar-refractivity contribution in [1.29, 1.82) is 0 Å². The van der Waals surface area contributed by atoms with Crippen LogP contribution in [0.1, 0.15) is 18.3 Å². The molecule has 0 spiro atoms. The molecule has 0 saturated carbocycles. The Morgan fingerprint density at radius 3 is 3.05 bits per heavy atom. The molecule has 1 aliphatic heterocycles. The third kappa shape index (κ3) is 2.95. The predicted molar refractivity (Wildman–Crippen MR) is 78.9 cm³/mol. The van der Waals surface area contributed by atoms with E-state index >= 15 is 0 Å². The molecule has 0 radical (unpaired) electrons. The van der Waals surface area contributed by atoms with E-state index in [0.717, 1.165) is 12.4 Å². The first-order valence-electron chi connectivity index (χ1n) is 7.36. The lowest BCUT2D eigenvalue weighted by molar-refractivity contribution is -0.132. The van der Waals surface area contributed by atoms with Gasteiger partial charge in [-0.3, -0.25) is 4.79 Å². The lowest BCUT2D eigenvalue weighted by atomic mass is 10.1.